The fourth-order valence-electron chi connectivity index (χ4n) is 6.38. The highest BCUT2D eigenvalue weighted by Gasteiger charge is 2.32. The first kappa shape index (κ1) is 22.7. The quantitative estimate of drug-likeness (QED) is 0.399. The number of nitrogens with one attached hydrogen (secondary N) is 3. The van der Waals surface area contributed by atoms with Crippen LogP contribution in [-0.2, 0) is 13.1 Å². The highest BCUT2D eigenvalue weighted by atomic mass is 16.5. The van der Waals surface area contributed by atoms with Crippen LogP contribution in [0.2, 0.25) is 0 Å². The van der Waals surface area contributed by atoms with Crippen molar-refractivity contribution >= 4 is 21.9 Å². The van der Waals surface area contributed by atoms with Crippen LogP contribution in [0, 0.1) is 0 Å². The minimum atomic E-state index is -0.288. The van der Waals surface area contributed by atoms with Gasteiger partial charge in [0.2, 0.25) is 0 Å². The molecule has 4 heterocycles. The molecule has 0 amide bonds. The number of para-hydroxylation sites is 1. The molecule has 2 fully saturated rings. The third-order valence-corrected chi connectivity index (χ3v) is 8.44. The highest BCUT2D eigenvalue weighted by molar-refractivity contribution is 5.94. The minimum Gasteiger partial charge on any atom is -0.486 e. The molecule has 1 aliphatic carbocycles. The molecule has 3 N–H and O–H groups in total. The van der Waals surface area contributed by atoms with E-state index >= 15 is 0 Å². The first-order valence-corrected chi connectivity index (χ1v) is 13.5. The van der Waals surface area contributed by atoms with Crippen LogP contribution in [0.25, 0.3) is 33.2 Å². The monoisotopic (exact) mass is 500 g/mol. The Morgan fingerprint density at radius 1 is 1.14 bits per heavy atom. The number of nitrogens with zero attached hydrogens (tertiary/aromatic N) is 3. The number of hydrogen-bond donors (Lipinski definition) is 3. The smallest absolute Gasteiger partial charge is 0.275 e. The Morgan fingerprint density at radius 2 is 2.00 bits per heavy atom. The van der Waals surface area contributed by atoms with E-state index in [1.807, 2.05) is 18.2 Å². The number of hydrogen-bond acceptors (Lipinski definition) is 6. The van der Waals surface area contributed by atoms with Gasteiger partial charge in [0.05, 0.1) is 23.0 Å². The lowest BCUT2D eigenvalue weighted by atomic mass is 10.1. The summed E-state index contributed by atoms with van der Waals surface area (Å²) in [5.74, 6) is 0.745. The summed E-state index contributed by atoms with van der Waals surface area (Å²) < 4.78 is 8.41. The number of ether oxygens (including phenoxy) is 1. The third kappa shape index (κ3) is 3.88. The summed E-state index contributed by atoms with van der Waals surface area (Å²) in [6.45, 7) is 4.98. The Balaban J connectivity index is 1.44. The Morgan fingerprint density at radius 3 is 2.86 bits per heavy atom. The van der Waals surface area contributed by atoms with Crippen molar-refractivity contribution in [3.8, 4) is 17.0 Å². The molecule has 7 rings (SSSR count). The van der Waals surface area contributed by atoms with E-state index in [4.69, 9.17) is 9.72 Å². The summed E-state index contributed by atoms with van der Waals surface area (Å²) in [6, 6.07) is 10.3. The zero-order valence-electron chi connectivity index (χ0n) is 21.0. The van der Waals surface area contributed by atoms with Gasteiger partial charge in [0.1, 0.15) is 17.3 Å². The average Bonchev–Trinajstić information content (AvgIpc) is 3.61. The van der Waals surface area contributed by atoms with E-state index in [-0.39, 0.29) is 22.9 Å². The molecule has 2 aromatic heterocycles. The van der Waals surface area contributed by atoms with Crippen LogP contribution in [-0.4, -0.2) is 55.9 Å². The Bertz CT molecular complexity index is 1610. The lowest BCUT2D eigenvalue weighted by Crippen LogP contribution is -2.34. The maximum Gasteiger partial charge on any atom is 0.275 e. The second-order valence-electron chi connectivity index (χ2n) is 10.8. The van der Waals surface area contributed by atoms with E-state index in [9.17, 15) is 9.59 Å². The Hall–Kier alpha value is -3.43. The van der Waals surface area contributed by atoms with E-state index < -0.39 is 0 Å². The van der Waals surface area contributed by atoms with E-state index in [1.54, 1.807) is 10.7 Å². The maximum absolute atomic E-state index is 13.3. The molecule has 2 aromatic carbocycles. The number of rotatable bonds is 3. The average molecular weight is 501 g/mol. The van der Waals surface area contributed by atoms with Crippen LogP contribution in [0.5, 0.6) is 5.75 Å². The van der Waals surface area contributed by atoms with Gasteiger partial charge in [-0.05, 0) is 31.9 Å². The first-order valence-electron chi connectivity index (χ1n) is 13.5. The second kappa shape index (κ2) is 8.85. The largest absolute Gasteiger partial charge is 0.486 e. The van der Waals surface area contributed by atoms with Crippen molar-refractivity contribution in [2.45, 2.75) is 70.3 Å². The van der Waals surface area contributed by atoms with Crippen LogP contribution >= 0.6 is 0 Å². The predicted octanol–water partition coefficient (Wildman–Crippen LogP) is 3.12. The molecule has 0 radical (unpaired) electrons. The molecule has 192 valence electrons. The van der Waals surface area contributed by atoms with Gasteiger partial charge in [0.15, 0.2) is 5.75 Å². The number of fused-ring (bicyclic) bond motifs is 5. The van der Waals surface area contributed by atoms with Crippen molar-refractivity contribution in [3.05, 3.63) is 56.6 Å². The SMILES string of the molecule is C[C@@H]1C[C@H]2CN1CCn1[nH]c3c(cccc3c1=O)-c1nc3c(c(CNC4CCCC4)ccc3[nH]c1=O)O2. The van der Waals surface area contributed by atoms with Crippen molar-refractivity contribution in [1.82, 2.24) is 30.0 Å². The minimum absolute atomic E-state index is 0.00444. The van der Waals surface area contributed by atoms with Crippen LogP contribution < -0.4 is 21.2 Å². The standard InChI is InChI=1S/C28H32N6O3/c1-16-13-19-15-33(16)11-12-34-28(36)21-8-4-7-20(23(21)32-34)24-27(35)30-22-10-9-17(26(37-19)25(22)31-24)14-29-18-5-2-3-6-18/h4,7-10,16,18-19,29,32H,2-3,5-6,11-15H2,1H3,(H,30,35)/t16-,19+/m1/s1. The van der Waals surface area contributed by atoms with E-state index in [0.29, 0.717) is 52.7 Å². The molecule has 9 nitrogen and oxygen atoms in total. The van der Waals surface area contributed by atoms with Crippen molar-refractivity contribution in [3.63, 3.8) is 0 Å². The van der Waals surface area contributed by atoms with Gasteiger partial charge in [0.25, 0.3) is 11.1 Å². The van der Waals surface area contributed by atoms with Crippen molar-refractivity contribution in [1.29, 1.82) is 0 Å². The zero-order valence-corrected chi connectivity index (χ0v) is 21.0. The van der Waals surface area contributed by atoms with Gasteiger partial charge in [-0.3, -0.25) is 24.3 Å². The molecule has 2 aliphatic heterocycles. The van der Waals surface area contributed by atoms with Crippen LogP contribution in [0.3, 0.4) is 0 Å². The molecule has 1 unspecified atom stereocenters. The maximum atomic E-state index is 13.3. The molecule has 1 saturated heterocycles. The molecule has 3 atom stereocenters. The Kier molecular flexibility index (Phi) is 5.44. The molecule has 0 spiro atoms. The third-order valence-electron chi connectivity index (χ3n) is 8.44. The van der Waals surface area contributed by atoms with E-state index in [2.05, 4.69) is 33.3 Å². The van der Waals surface area contributed by atoms with Gasteiger partial charge in [-0.2, -0.15) is 0 Å². The summed E-state index contributed by atoms with van der Waals surface area (Å²) >= 11 is 0. The number of H-pyrrole nitrogens is 2. The van der Waals surface area contributed by atoms with Crippen LogP contribution in [0.4, 0.5) is 0 Å². The number of aromatic amines is 2. The molecule has 37 heavy (non-hydrogen) atoms. The van der Waals surface area contributed by atoms with Gasteiger partial charge in [-0.15, -0.1) is 0 Å². The summed E-state index contributed by atoms with van der Waals surface area (Å²) in [6.07, 6.45) is 5.86. The summed E-state index contributed by atoms with van der Waals surface area (Å²) in [4.78, 5) is 36.8. The van der Waals surface area contributed by atoms with E-state index in [1.165, 1.54) is 25.7 Å². The fraction of sp³-hybridized carbons (Fsp3) is 0.464. The van der Waals surface area contributed by atoms with Crippen molar-refractivity contribution < 1.29 is 4.74 Å². The van der Waals surface area contributed by atoms with Gasteiger partial charge in [-0.25, -0.2) is 4.98 Å². The number of benzene rings is 2. The fourth-order valence-corrected chi connectivity index (χ4v) is 6.38. The summed E-state index contributed by atoms with van der Waals surface area (Å²) in [5, 5.41) is 7.56. The normalized spacial score (nSPS) is 23.8. The molecular weight excluding hydrogens is 468 g/mol. The summed E-state index contributed by atoms with van der Waals surface area (Å²) in [5.41, 5.74) is 3.54. The molecule has 6 bridgehead atoms. The second-order valence-corrected chi connectivity index (χ2v) is 10.8. The molecule has 1 saturated carbocycles. The molecular formula is C28H32N6O3. The molecule has 3 aliphatic rings. The van der Waals surface area contributed by atoms with Gasteiger partial charge in [0, 0.05) is 49.3 Å². The van der Waals surface area contributed by atoms with Crippen molar-refractivity contribution in [2.75, 3.05) is 13.1 Å². The van der Waals surface area contributed by atoms with Crippen molar-refractivity contribution in [2.24, 2.45) is 0 Å². The predicted molar refractivity (Wildman–Crippen MR) is 143 cm³/mol. The van der Waals surface area contributed by atoms with Gasteiger partial charge >= 0.3 is 0 Å². The van der Waals surface area contributed by atoms with Gasteiger partial charge < -0.3 is 15.0 Å². The van der Waals surface area contributed by atoms with Crippen LogP contribution in [0.15, 0.2) is 39.9 Å². The van der Waals surface area contributed by atoms with Gasteiger partial charge in [-0.1, -0.05) is 31.0 Å². The lowest BCUT2D eigenvalue weighted by molar-refractivity contribution is 0.194. The molecule has 9 heteroatoms. The lowest BCUT2D eigenvalue weighted by Gasteiger charge is -2.22. The Labute approximate surface area is 213 Å². The zero-order chi connectivity index (χ0) is 25.1. The topological polar surface area (TPSA) is 108 Å². The summed E-state index contributed by atoms with van der Waals surface area (Å²) in [7, 11) is 0. The van der Waals surface area contributed by atoms with E-state index in [0.717, 1.165) is 30.8 Å². The number of aromatic nitrogens is 4. The highest BCUT2D eigenvalue weighted by Crippen LogP contribution is 2.33. The first-order chi connectivity index (χ1) is 18.0. The molecule has 4 aromatic rings. The van der Waals surface area contributed by atoms with Crippen LogP contribution in [0.1, 0.15) is 44.6 Å².